The maximum atomic E-state index is 6.29. The lowest BCUT2D eigenvalue weighted by atomic mass is 9.92. The minimum absolute atomic E-state index is 0.594. The van der Waals surface area contributed by atoms with E-state index in [0.29, 0.717) is 17.5 Å². The number of hydrogen-bond acceptors (Lipinski definition) is 5. The summed E-state index contributed by atoms with van der Waals surface area (Å²) in [5.74, 6) is 1.82. The highest BCUT2D eigenvalue weighted by molar-refractivity contribution is 6.19. The van der Waals surface area contributed by atoms with Gasteiger partial charge in [-0.1, -0.05) is 133 Å². The van der Waals surface area contributed by atoms with Crippen LogP contribution in [-0.2, 0) is 0 Å². The van der Waals surface area contributed by atoms with Crippen molar-refractivity contribution in [1.82, 2.24) is 15.0 Å². The molecule has 0 atom stereocenters. The zero-order chi connectivity index (χ0) is 36.7. The predicted molar refractivity (Wildman–Crippen MR) is 229 cm³/mol. The molecule has 0 N–H and O–H groups in total. The number of fused-ring (bicyclic) bond motifs is 10. The normalized spacial score (nSPS) is 11.9. The van der Waals surface area contributed by atoms with Crippen LogP contribution in [-0.4, -0.2) is 15.0 Å². The van der Waals surface area contributed by atoms with Crippen molar-refractivity contribution in [1.29, 1.82) is 0 Å². The van der Waals surface area contributed by atoms with E-state index in [0.717, 1.165) is 98.6 Å². The summed E-state index contributed by atoms with van der Waals surface area (Å²) in [5.41, 5.74) is 8.47. The molecule has 3 heterocycles. The van der Waals surface area contributed by atoms with Gasteiger partial charge in [-0.25, -0.2) is 15.0 Å². The molecule has 0 aliphatic rings. The summed E-state index contributed by atoms with van der Waals surface area (Å²) >= 11 is 0. The molecular formula is C51H29N3O2. The topological polar surface area (TPSA) is 65.0 Å². The summed E-state index contributed by atoms with van der Waals surface area (Å²) in [6.45, 7) is 0. The largest absolute Gasteiger partial charge is 0.456 e. The molecule has 0 aliphatic heterocycles. The molecule has 0 unspecified atom stereocenters. The Hall–Kier alpha value is -7.63. The first-order chi connectivity index (χ1) is 27.7. The molecule has 0 radical (unpaired) electrons. The second-order valence-corrected chi connectivity index (χ2v) is 14.3. The zero-order valence-corrected chi connectivity index (χ0v) is 29.9. The van der Waals surface area contributed by atoms with Crippen LogP contribution < -0.4 is 0 Å². The first-order valence-corrected chi connectivity index (χ1v) is 18.8. The van der Waals surface area contributed by atoms with E-state index in [4.69, 9.17) is 23.8 Å². The number of nitrogens with zero attached hydrogens (tertiary/aromatic N) is 3. The van der Waals surface area contributed by atoms with Gasteiger partial charge >= 0.3 is 0 Å². The molecule has 9 aromatic carbocycles. The number of para-hydroxylation sites is 2. The smallest absolute Gasteiger partial charge is 0.164 e. The van der Waals surface area contributed by atoms with Gasteiger partial charge < -0.3 is 8.83 Å². The first-order valence-electron chi connectivity index (χ1n) is 18.8. The second kappa shape index (κ2) is 11.9. The van der Waals surface area contributed by atoms with E-state index in [1.807, 2.05) is 42.5 Å². The van der Waals surface area contributed by atoms with Gasteiger partial charge in [0.25, 0.3) is 0 Å². The summed E-state index contributed by atoms with van der Waals surface area (Å²) in [4.78, 5) is 15.7. The third-order valence-corrected chi connectivity index (χ3v) is 11.1. The maximum Gasteiger partial charge on any atom is 0.164 e. The molecule has 5 nitrogen and oxygen atoms in total. The highest BCUT2D eigenvalue weighted by atomic mass is 16.3. The third kappa shape index (κ3) is 4.71. The molecule has 0 fully saturated rings. The molecule has 260 valence electrons. The fourth-order valence-electron chi connectivity index (χ4n) is 8.50. The van der Waals surface area contributed by atoms with Crippen LogP contribution in [0.15, 0.2) is 185 Å². The molecular weight excluding hydrogens is 687 g/mol. The van der Waals surface area contributed by atoms with E-state index < -0.39 is 0 Å². The molecule has 12 rings (SSSR count). The molecule has 56 heavy (non-hydrogen) atoms. The highest BCUT2D eigenvalue weighted by Crippen LogP contribution is 2.41. The maximum absolute atomic E-state index is 6.29. The summed E-state index contributed by atoms with van der Waals surface area (Å²) < 4.78 is 12.5. The SMILES string of the molecule is c1ccc2cc(-c3nc(-c4ccc(-c5ccc6c(ccc7oc8ccccc8c76)c5)c5ccccc45)nc(-c4cccc5oc6ccccc6c45)n3)ccc2c1. The predicted octanol–water partition coefficient (Wildman–Crippen LogP) is 13.8. The number of furan rings is 2. The van der Waals surface area contributed by atoms with Gasteiger partial charge in [0.05, 0.1) is 0 Å². The fourth-order valence-corrected chi connectivity index (χ4v) is 8.50. The Morgan fingerprint density at radius 2 is 0.839 bits per heavy atom. The van der Waals surface area contributed by atoms with E-state index in [-0.39, 0.29) is 0 Å². The Balaban J connectivity index is 1.06. The van der Waals surface area contributed by atoms with Crippen LogP contribution in [0.2, 0.25) is 0 Å². The van der Waals surface area contributed by atoms with Crippen LogP contribution in [0.4, 0.5) is 0 Å². The number of rotatable bonds is 4. The van der Waals surface area contributed by atoms with E-state index in [2.05, 4.69) is 133 Å². The van der Waals surface area contributed by atoms with Crippen LogP contribution >= 0.6 is 0 Å². The van der Waals surface area contributed by atoms with Gasteiger partial charge in [0.2, 0.25) is 0 Å². The minimum atomic E-state index is 0.594. The summed E-state index contributed by atoms with van der Waals surface area (Å²) in [7, 11) is 0. The van der Waals surface area contributed by atoms with Gasteiger partial charge in [-0.3, -0.25) is 0 Å². The Bertz CT molecular complexity index is 3560. The van der Waals surface area contributed by atoms with Gasteiger partial charge in [-0.2, -0.15) is 0 Å². The highest BCUT2D eigenvalue weighted by Gasteiger charge is 2.20. The minimum Gasteiger partial charge on any atom is -0.456 e. The molecule has 12 aromatic rings. The lowest BCUT2D eigenvalue weighted by molar-refractivity contribution is 0.668. The van der Waals surface area contributed by atoms with Crippen LogP contribution in [0.3, 0.4) is 0 Å². The van der Waals surface area contributed by atoms with Crippen molar-refractivity contribution in [3.8, 4) is 45.3 Å². The number of benzene rings is 9. The quantitative estimate of drug-likeness (QED) is 0.181. The number of hydrogen-bond donors (Lipinski definition) is 0. The van der Waals surface area contributed by atoms with Gasteiger partial charge in [0.15, 0.2) is 17.5 Å². The van der Waals surface area contributed by atoms with Crippen molar-refractivity contribution in [2.45, 2.75) is 0 Å². The molecule has 0 amide bonds. The van der Waals surface area contributed by atoms with E-state index in [1.54, 1.807) is 0 Å². The van der Waals surface area contributed by atoms with Crippen molar-refractivity contribution in [3.63, 3.8) is 0 Å². The van der Waals surface area contributed by atoms with Crippen LogP contribution in [0, 0.1) is 0 Å². The van der Waals surface area contributed by atoms with E-state index in [9.17, 15) is 0 Å². The lowest BCUT2D eigenvalue weighted by Crippen LogP contribution is -2.01. The fraction of sp³-hybridized carbons (Fsp3) is 0. The Labute approximate surface area is 320 Å². The molecule has 0 bridgehead atoms. The van der Waals surface area contributed by atoms with Crippen LogP contribution in [0.5, 0.6) is 0 Å². The standard InChI is InChI=1S/C51H29N3O2/c1-2-11-31-28-34(21-20-30(31)10-1)49-52-50(54-51(53-49)42-16-9-19-45-48(42)41-15-6-8-18-44(41)55-45)39-26-25-35(37-12-3-4-13-38(37)39)32-22-24-36-33(29-32)23-27-46-47(36)40-14-5-7-17-43(40)56-46/h1-29H. The Kier molecular flexibility index (Phi) is 6.56. The van der Waals surface area contributed by atoms with Crippen molar-refractivity contribution >= 4 is 76.2 Å². The van der Waals surface area contributed by atoms with E-state index >= 15 is 0 Å². The summed E-state index contributed by atoms with van der Waals surface area (Å²) in [6, 6.07) is 61.1. The molecule has 0 saturated carbocycles. The first kappa shape index (κ1) is 30.8. The van der Waals surface area contributed by atoms with Crippen molar-refractivity contribution in [3.05, 3.63) is 176 Å². The second-order valence-electron chi connectivity index (χ2n) is 14.3. The summed E-state index contributed by atoms with van der Waals surface area (Å²) in [5, 5.41) is 11.1. The zero-order valence-electron chi connectivity index (χ0n) is 29.9. The number of aromatic nitrogens is 3. The molecule has 0 spiro atoms. The monoisotopic (exact) mass is 715 g/mol. The van der Waals surface area contributed by atoms with Crippen molar-refractivity contribution in [2.24, 2.45) is 0 Å². The lowest BCUT2D eigenvalue weighted by Gasteiger charge is -2.14. The van der Waals surface area contributed by atoms with Crippen molar-refractivity contribution in [2.75, 3.05) is 0 Å². The van der Waals surface area contributed by atoms with Crippen LogP contribution in [0.1, 0.15) is 0 Å². The van der Waals surface area contributed by atoms with Gasteiger partial charge in [-0.05, 0) is 85.9 Å². The van der Waals surface area contributed by atoms with E-state index in [1.165, 1.54) is 5.39 Å². The third-order valence-electron chi connectivity index (χ3n) is 11.1. The van der Waals surface area contributed by atoms with Gasteiger partial charge in [0.1, 0.15) is 22.3 Å². The van der Waals surface area contributed by atoms with Gasteiger partial charge in [0, 0.05) is 38.2 Å². The molecule has 5 heteroatoms. The average molecular weight is 716 g/mol. The van der Waals surface area contributed by atoms with Gasteiger partial charge in [-0.15, -0.1) is 0 Å². The molecule has 3 aromatic heterocycles. The molecule has 0 aliphatic carbocycles. The molecule has 0 saturated heterocycles. The summed E-state index contributed by atoms with van der Waals surface area (Å²) in [6.07, 6.45) is 0. The Morgan fingerprint density at radius 3 is 1.64 bits per heavy atom. The van der Waals surface area contributed by atoms with Crippen LogP contribution in [0.25, 0.3) is 121 Å². The van der Waals surface area contributed by atoms with Crippen molar-refractivity contribution < 1.29 is 8.83 Å². The Morgan fingerprint density at radius 1 is 0.286 bits per heavy atom. The average Bonchev–Trinajstić information content (AvgIpc) is 3.84.